The Bertz CT molecular complexity index is 651. The number of pyridine rings is 1. The molecule has 1 saturated carbocycles. The van der Waals surface area contributed by atoms with Crippen LogP contribution in [0.4, 0.5) is 24.7 Å². The van der Waals surface area contributed by atoms with Crippen molar-refractivity contribution in [3.8, 4) is 0 Å². The van der Waals surface area contributed by atoms with Crippen LogP contribution in [0.5, 0.6) is 0 Å². The van der Waals surface area contributed by atoms with Crippen molar-refractivity contribution in [2.24, 2.45) is 11.7 Å². The van der Waals surface area contributed by atoms with Crippen LogP contribution >= 0.6 is 0 Å². The lowest BCUT2D eigenvalue weighted by molar-refractivity contribution is -0.276. The Morgan fingerprint density at radius 3 is 2.39 bits per heavy atom. The van der Waals surface area contributed by atoms with Crippen LogP contribution in [0.1, 0.15) is 44.2 Å². The summed E-state index contributed by atoms with van der Waals surface area (Å²) in [4.78, 5) is 6.53. The van der Waals surface area contributed by atoms with Gasteiger partial charge < -0.3 is 20.7 Å². The van der Waals surface area contributed by atoms with Gasteiger partial charge in [-0.05, 0) is 50.7 Å². The number of aryl methyl sites for hydroxylation is 1. The van der Waals surface area contributed by atoms with E-state index >= 15 is 0 Å². The summed E-state index contributed by atoms with van der Waals surface area (Å²) in [6.45, 7) is 3.38. The Morgan fingerprint density at radius 1 is 1.21 bits per heavy atom. The maximum atomic E-state index is 13.3. The Kier molecular flexibility index (Phi) is 6.39. The average molecular weight is 400 g/mol. The first kappa shape index (κ1) is 21.2. The monoisotopic (exact) mass is 400 g/mol. The molecule has 1 aromatic rings. The fraction of sp³-hybridized carbons (Fsp3) is 0.750. The molecule has 8 heteroatoms. The van der Waals surface area contributed by atoms with E-state index < -0.39 is 11.8 Å². The number of halogens is 3. The highest BCUT2D eigenvalue weighted by Gasteiger charge is 2.56. The SMILES string of the molecule is COC1(C(F)(F)F)CCN(c2ccc(NC[C@H]3CC[C@H](N)CC3)c(C)n2)CC1. The van der Waals surface area contributed by atoms with Crippen molar-refractivity contribution in [1.29, 1.82) is 0 Å². The Hall–Kier alpha value is -1.54. The van der Waals surface area contributed by atoms with Gasteiger partial charge in [-0.1, -0.05) is 0 Å². The van der Waals surface area contributed by atoms with Gasteiger partial charge in [0, 0.05) is 45.6 Å². The number of hydrogen-bond acceptors (Lipinski definition) is 5. The van der Waals surface area contributed by atoms with E-state index in [2.05, 4.69) is 10.3 Å². The van der Waals surface area contributed by atoms with Crippen LogP contribution in [0.15, 0.2) is 12.1 Å². The van der Waals surface area contributed by atoms with Gasteiger partial charge in [0.25, 0.3) is 0 Å². The summed E-state index contributed by atoms with van der Waals surface area (Å²) in [5, 5.41) is 3.48. The van der Waals surface area contributed by atoms with Crippen molar-refractivity contribution in [2.45, 2.75) is 63.3 Å². The van der Waals surface area contributed by atoms with Gasteiger partial charge in [-0.25, -0.2) is 4.98 Å². The number of piperidine rings is 1. The molecule has 0 bridgehead atoms. The number of nitrogens with one attached hydrogen (secondary N) is 1. The Labute approximate surface area is 164 Å². The zero-order valence-electron chi connectivity index (χ0n) is 16.7. The van der Waals surface area contributed by atoms with Gasteiger partial charge in [0.05, 0.1) is 11.4 Å². The number of rotatable bonds is 5. The van der Waals surface area contributed by atoms with Gasteiger partial charge >= 0.3 is 6.18 Å². The normalized spacial score (nSPS) is 25.6. The second-order valence-corrected chi connectivity index (χ2v) is 8.15. The van der Waals surface area contributed by atoms with Gasteiger partial charge in [-0.15, -0.1) is 0 Å². The highest BCUT2D eigenvalue weighted by molar-refractivity contribution is 5.53. The molecule has 158 valence electrons. The van der Waals surface area contributed by atoms with Crippen LogP contribution < -0.4 is 16.0 Å². The van der Waals surface area contributed by atoms with E-state index in [0.29, 0.717) is 12.0 Å². The third-order valence-corrected chi connectivity index (χ3v) is 6.35. The molecule has 0 atom stereocenters. The van der Waals surface area contributed by atoms with Crippen molar-refractivity contribution in [3.63, 3.8) is 0 Å². The number of ether oxygens (including phenoxy) is 1. The Balaban J connectivity index is 1.57. The molecule has 0 radical (unpaired) electrons. The Morgan fingerprint density at radius 2 is 1.86 bits per heavy atom. The van der Waals surface area contributed by atoms with Crippen molar-refractivity contribution >= 4 is 11.5 Å². The van der Waals surface area contributed by atoms with Gasteiger partial charge in [0.1, 0.15) is 5.82 Å². The molecular formula is C20H31F3N4O. The predicted octanol–water partition coefficient (Wildman–Crippen LogP) is 3.87. The van der Waals surface area contributed by atoms with Crippen LogP contribution in [-0.2, 0) is 4.74 Å². The molecular weight excluding hydrogens is 369 g/mol. The lowest BCUT2D eigenvalue weighted by atomic mass is 9.86. The molecule has 0 unspecified atom stereocenters. The number of nitrogens with zero attached hydrogens (tertiary/aromatic N) is 2. The van der Waals surface area contributed by atoms with Crippen LogP contribution in [0.25, 0.3) is 0 Å². The molecule has 5 nitrogen and oxygen atoms in total. The first-order chi connectivity index (χ1) is 13.2. The zero-order chi connectivity index (χ0) is 20.4. The fourth-order valence-electron chi connectivity index (χ4n) is 4.26. The number of alkyl halides is 3. The smallest absolute Gasteiger partial charge is 0.383 e. The molecule has 2 heterocycles. The minimum atomic E-state index is -4.35. The standard InChI is InChI=1S/C20H31F3N4O/c1-14-17(25-13-15-3-5-16(24)6-4-15)7-8-18(26-14)27-11-9-19(28-2,10-12-27)20(21,22)23/h7-8,15-16,25H,3-6,9-13,24H2,1-2H3/t15-,16-. The van der Waals surface area contributed by atoms with E-state index in [0.717, 1.165) is 56.5 Å². The molecule has 28 heavy (non-hydrogen) atoms. The molecule has 2 aliphatic rings. The molecule has 0 amide bonds. The molecule has 3 N–H and O–H groups in total. The summed E-state index contributed by atoms with van der Waals surface area (Å²) in [6.07, 6.45) is -0.0697. The average Bonchev–Trinajstić information content (AvgIpc) is 2.67. The predicted molar refractivity (Wildman–Crippen MR) is 105 cm³/mol. The summed E-state index contributed by atoms with van der Waals surface area (Å²) in [5.41, 5.74) is 5.77. The third-order valence-electron chi connectivity index (χ3n) is 6.35. The van der Waals surface area contributed by atoms with Gasteiger partial charge in [0.15, 0.2) is 5.60 Å². The van der Waals surface area contributed by atoms with E-state index in [9.17, 15) is 13.2 Å². The van der Waals surface area contributed by atoms with Crippen molar-refractivity contribution in [2.75, 3.05) is 37.0 Å². The van der Waals surface area contributed by atoms with Gasteiger partial charge in [0.2, 0.25) is 0 Å². The minimum Gasteiger partial charge on any atom is -0.383 e. The first-order valence-electron chi connectivity index (χ1n) is 10.1. The second-order valence-electron chi connectivity index (χ2n) is 8.15. The molecule has 1 saturated heterocycles. The summed E-state index contributed by atoms with van der Waals surface area (Å²) in [5.74, 6) is 1.35. The first-order valence-corrected chi connectivity index (χ1v) is 10.1. The van der Waals surface area contributed by atoms with Crippen molar-refractivity contribution in [1.82, 2.24) is 4.98 Å². The minimum absolute atomic E-state index is 0.0858. The van der Waals surface area contributed by atoms with Gasteiger partial charge in [-0.3, -0.25) is 0 Å². The summed E-state index contributed by atoms with van der Waals surface area (Å²) >= 11 is 0. The number of aromatic nitrogens is 1. The number of anilines is 2. The fourth-order valence-corrected chi connectivity index (χ4v) is 4.26. The summed E-state index contributed by atoms with van der Waals surface area (Å²) < 4.78 is 44.9. The summed E-state index contributed by atoms with van der Waals surface area (Å²) in [7, 11) is 1.14. The highest BCUT2D eigenvalue weighted by atomic mass is 19.4. The maximum absolute atomic E-state index is 13.3. The largest absolute Gasteiger partial charge is 0.417 e. The molecule has 0 spiro atoms. The van der Waals surface area contributed by atoms with E-state index in [1.165, 1.54) is 0 Å². The molecule has 1 aromatic heterocycles. The third kappa shape index (κ3) is 4.54. The van der Waals surface area contributed by atoms with E-state index in [1.54, 1.807) is 0 Å². The molecule has 1 aliphatic carbocycles. The lowest BCUT2D eigenvalue weighted by Gasteiger charge is -2.42. The van der Waals surface area contributed by atoms with Crippen LogP contribution in [-0.4, -0.2) is 49.5 Å². The molecule has 3 rings (SSSR count). The highest BCUT2D eigenvalue weighted by Crippen LogP contribution is 2.41. The van der Waals surface area contributed by atoms with Gasteiger partial charge in [-0.2, -0.15) is 13.2 Å². The van der Waals surface area contributed by atoms with Crippen LogP contribution in [0, 0.1) is 12.8 Å². The van der Waals surface area contributed by atoms with E-state index in [1.807, 2.05) is 24.0 Å². The molecule has 1 aliphatic heterocycles. The maximum Gasteiger partial charge on any atom is 0.417 e. The van der Waals surface area contributed by atoms with Crippen molar-refractivity contribution < 1.29 is 17.9 Å². The van der Waals surface area contributed by atoms with Crippen LogP contribution in [0.2, 0.25) is 0 Å². The van der Waals surface area contributed by atoms with E-state index in [4.69, 9.17) is 10.5 Å². The molecule has 2 fully saturated rings. The second kappa shape index (κ2) is 8.45. The molecule has 0 aromatic carbocycles. The lowest BCUT2D eigenvalue weighted by Crippen LogP contribution is -2.54. The quantitative estimate of drug-likeness (QED) is 0.786. The van der Waals surface area contributed by atoms with E-state index in [-0.39, 0.29) is 25.9 Å². The summed E-state index contributed by atoms with van der Waals surface area (Å²) in [6, 6.07) is 4.21. The zero-order valence-corrected chi connectivity index (χ0v) is 16.7. The number of nitrogens with two attached hydrogens (primary N) is 1. The van der Waals surface area contributed by atoms with Crippen LogP contribution in [0.3, 0.4) is 0 Å². The van der Waals surface area contributed by atoms with Crippen molar-refractivity contribution in [3.05, 3.63) is 17.8 Å². The number of hydrogen-bond donors (Lipinski definition) is 2. The number of methoxy groups -OCH3 is 1. The topological polar surface area (TPSA) is 63.4 Å².